The van der Waals surface area contributed by atoms with Gasteiger partial charge in [0.2, 0.25) is 0 Å². The molecule has 1 fully saturated rings. The van der Waals surface area contributed by atoms with Gasteiger partial charge >= 0.3 is 5.97 Å². The highest BCUT2D eigenvalue weighted by molar-refractivity contribution is 5.94. The summed E-state index contributed by atoms with van der Waals surface area (Å²) >= 11 is 0. The Morgan fingerprint density at radius 3 is 3.11 bits per heavy atom. The summed E-state index contributed by atoms with van der Waals surface area (Å²) in [4.78, 5) is 18.5. The van der Waals surface area contributed by atoms with Crippen LogP contribution in [0.5, 0.6) is 0 Å². The van der Waals surface area contributed by atoms with E-state index in [4.69, 9.17) is 10.5 Å². The monoisotopic (exact) mass is 263 g/mol. The minimum absolute atomic E-state index is 0.237. The zero-order chi connectivity index (χ0) is 13.8. The lowest BCUT2D eigenvalue weighted by atomic mass is 9.98. The van der Waals surface area contributed by atoms with Crippen molar-refractivity contribution in [1.29, 1.82) is 0 Å². The van der Waals surface area contributed by atoms with E-state index in [0.29, 0.717) is 18.0 Å². The molecule has 1 aromatic rings. The van der Waals surface area contributed by atoms with Crippen LogP contribution in [0, 0.1) is 0 Å². The number of carbonyl (C=O) groups is 1. The lowest BCUT2D eigenvalue weighted by Gasteiger charge is -2.37. The first kappa shape index (κ1) is 13.8. The van der Waals surface area contributed by atoms with E-state index in [9.17, 15) is 4.79 Å². The van der Waals surface area contributed by atoms with E-state index < -0.39 is 0 Å². The summed E-state index contributed by atoms with van der Waals surface area (Å²) in [6.45, 7) is 5.11. The number of piperidine rings is 1. The average molecular weight is 263 g/mol. The number of hydrogen-bond acceptors (Lipinski definition) is 5. The van der Waals surface area contributed by atoms with Gasteiger partial charge in [-0.05, 0) is 38.8 Å². The summed E-state index contributed by atoms with van der Waals surface area (Å²) in [5, 5.41) is 0. The van der Waals surface area contributed by atoms with Crippen LogP contribution in [0.1, 0.15) is 37.0 Å². The lowest BCUT2D eigenvalue weighted by molar-refractivity contribution is 0.0526. The van der Waals surface area contributed by atoms with Gasteiger partial charge < -0.3 is 15.4 Å². The molecule has 1 aliphatic heterocycles. The topological polar surface area (TPSA) is 68.5 Å². The Morgan fingerprint density at radius 1 is 1.63 bits per heavy atom. The number of esters is 1. The van der Waals surface area contributed by atoms with Gasteiger partial charge in [0.15, 0.2) is 0 Å². The van der Waals surface area contributed by atoms with Crippen molar-refractivity contribution in [1.82, 2.24) is 4.98 Å². The van der Waals surface area contributed by atoms with Crippen LogP contribution in [0.15, 0.2) is 18.3 Å². The molecule has 2 unspecified atom stereocenters. The second kappa shape index (κ2) is 6.02. The zero-order valence-corrected chi connectivity index (χ0v) is 11.5. The third-order valence-corrected chi connectivity index (χ3v) is 3.47. The Bertz CT molecular complexity index is 450. The summed E-state index contributed by atoms with van der Waals surface area (Å²) < 4.78 is 5.09. The fourth-order valence-corrected chi connectivity index (χ4v) is 2.52. The number of carbonyl (C=O) groups excluding carboxylic acids is 1. The maximum absolute atomic E-state index is 12.0. The van der Waals surface area contributed by atoms with Crippen molar-refractivity contribution in [3.63, 3.8) is 0 Å². The third-order valence-electron chi connectivity index (χ3n) is 3.47. The van der Waals surface area contributed by atoms with Gasteiger partial charge in [0.05, 0.1) is 6.61 Å². The molecule has 2 heterocycles. The van der Waals surface area contributed by atoms with Gasteiger partial charge in [-0.25, -0.2) is 9.78 Å². The highest BCUT2D eigenvalue weighted by Crippen LogP contribution is 2.25. The predicted octanol–water partition coefficient (Wildman–Crippen LogP) is 1.57. The summed E-state index contributed by atoms with van der Waals surface area (Å²) in [6, 6.07) is 4.05. The molecule has 2 rings (SSSR count). The molecule has 1 saturated heterocycles. The summed E-state index contributed by atoms with van der Waals surface area (Å²) in [7, 11) is 0. The van der Waals surface area contributed by atoms with E-state index in [2.05, 4.69) is 16.8 Å². The van der Waals surface area contributed by atoms with Gasteiger partial charge in [0, 0.05) is 24.8 Å². The molecule has 0 aromatic carbocycles. The number of ether oxygens (including phenoxy) is 1. The Morgan fingerprint density at radius 2 is 2.42 bits per heavy atom. The van der Waals surface area contributed by atoms with E-state index in [1.165, 1.54) is 0 Å². The minimum Gasteiger partial charge on any atom is -0.462 e. The summed E-state index contributed by atoms with van der Waals surface area (Å²) in [5.74, 6) is 0.396. The highest BCUT2D eigenvalue weighted by Gasteiger charge is 2.27. The molecule has 2 N–H and O–H groups in total. The van der Waals surface area contributed by atoms with Crippen molar-refractivity contribution >= 4 is 11.8 Å². The lowest BCUT2D eigenvalue weighted by Crippen LogP contribution is -2.46. The summed E-state index contributed by atoms with van der Waals surface area (Å²) in [5.41, 5.74) is 6.51. The number of aromatic nitrogens is 1. The van der Waals surface area contributed by atoms with Gasteiger partial charge in [-0.15, -0.1) is 0 Å². The molecule has 1 aromatic heterocycles. The molecule has 0 amide bonds. The molecule has 2 atom stereocenters. The second-order valence-electron chi connectivity index (χ2n) is 4.92. The standard InChI is InChI=1S/C14H21N3O2/c1-3-19-14(18)12-5-4-7-16-13(12)17-8-6-11(15)9-10(17)2/h4-5,7,10-11H,3,6,8-9,15H2,1-2H3. The Balaban J connectivity index is 2.26. The molecule has 0 saturated carbocycles. The number of rotatable bonds is 3. The largest absolute Gasteiger partial charge is 0.462 e. The molecule has 19 heavy (non-hydrogen) atoms. The van der Waals surface area contributed by atoms with Gasteiger partial charge in [-0.3, -0.25) is 0 Å². The van der Waals surface area contributed by atoms with Gasteiger partial charge in [0.1, 0.15) is 11.4 Å². The van der Waals surface area contributed by atoms with E-state index in [1.54, 1.807) is 25.3 Å². The Kier molecular flexibility index (Phi) is 4.37. The van der Waals surface area contributed by atoms with Crippen molar-refractivity contribution in [3.8, 4) is 0 Å². The van der Waals surface area contributed by atoms with Crippen LogP contribution in [0.3, 0.4) is 0 Å². The molecule has 0 bridgehead atoms. The van der Waals surface area contributed by atoms with Gasteiger partial charge in [0.25, 0.3) is 0 Å². The first-order chi connectivity index (χ1) is 9.13. The van der Waals surface area contributed by atoms with Crippen LogP contribution < -0.4 is 10.6 Å². The molecule has 104 valence electrons. The number of hydrogen-bond donors (Lipinski definition) is 1. The van der Waals surface area contributed by atoms with E-state index in [1.807, 2.05) is 0 Å². The maximum atomic E-state index is 12.0. The number of nitrogens with two attached hydrogens (primary N) is 1. The van der Waals surface area contributed by atoms with Crippen LogP contribution in [-0.4, -0.2) is 36.2 Å². The molecule has 0 aliphatic carbocycles. The van der Waals surface area contributed by atoms with E-state index in [0.717, 1.165) is 19.4 Å². The van der Waals surface area contributed by atoms with E-state index in [-0.39, 0.29) is 18.1 Å². The molecule has 0 radical (unpaired) electrons. The number of nitrogens with zero attached hydrogens (tertiary/aromatic N) is 2. The smallest absolute Gasteiger partial charge is 0.341 e. The second-order valence-corrected chi connectivity index (χ2v) is 4.92. The number of anilines is 1. The van der Waals surface area contributed by atoms with E-state index >= 15 is 0 Å². The molecule has 1 aliphatic rings. The fourth-order valence-electron chi connectivity index (χ4n) is 2.52. The van der Waals surface area contributed by atoms with Gasteiger partial charge in [-0.2, -0.15) is 0 Å². The molecular formula is C14H21N3O2. The maximum Gasteiger partial charge on any atom is 0.341 e. The quantitative estimate of drug-likeness (QED) is 0.838. The molecule has 5 nitrogen and oxygen atoms in total. The van der Waals surface area contributed by atoms with Crippen molar-refractivity contribution in [3.05, 3.63) is 23.9 Å². The van der Waals surface area contributed by atoms with Crippen molar-refractivity contribution in [2.75, 3.05) is 18.1 Å². The average Bonchev–Trinajstić information content (AvgIpc) is 2.39. The van der Waals surface area contributed by atoms with Crippen LogP contribution >= 0.6 is 0 Å². The molecule has 5 heteroatoms. The Hall–Kier alpha value is -1.62. The first-order valence-electron chi connectivity index (χ1n) is 6.77. The van der Waals surface area contributed by atoms with Crippen LogP contribution in [-0.2, 0) is 4.74 Å². The normalized spacial score (nSPS) is 23.2. The predicted molar refractivity (Wildman–Crippen MR) is 74.2 cm³/mol. The van der Waals surface area contributed by atoms with Crippen molar-refractivity contribution in [2.45, 2.75) is 38.8 Å². The minimum atomic E-state index is -0.312. The van der Waals surface area contributed by atoms with Crippen molar-refractivity contribution in [2.24, 2.45) is 5.73 Å². The fraction of sp³-hybridized carbons (Fsp3) is 0.571. The first-order valence-corrected chi connectivity index (χ1v) is 6.77. The zero-order valence-electron chi connectivity index (χ0n) is 11.5. The highest BCUT2D eigenvalue weighted by atomic mass is 16.5. The summed E-state index contributed by atoms with van der Waals surface area (Å²) in [6.07, 6.45) is 3.54. The van der Waals surface area contributed by atoms with Gasteiger partial charge in [-0.1, -0.05) is 0 Å². The van der Waals surface area contributed by atoms with Crippen LogP contribution in [0.4, 0.5) is 5.82 Å². The van der Waals surface area contributed by atoms with Crippen molar-refractivity contribution < 1.29 is 9.53 Å². The Labute approximate surface area is 113 Å². The molecule has 0 spiro atoms. The number of pyridine rings is 1. The van der Waals surface area contributed by atoms with Crippen LogP contribution in [0.2, 0.25) is 0 Å². The van der Waals surface area contributed by atoms with Crippen LogP contribution in [0.25, 0.3) is 0 Å². The third kappa shape index (κ3) is 3.04. The SMILES string of the molecule is CCOC(=O)c1cccnc1N1CCC(N)CC1C. The molecular weight excluding hydrogens is 242 g/mol.